The zero-order valence-electron chi connectivity index (χ0n) is 38.1. The molecule has 2 atom stereocenters. The van der Waals surface area contributed by atoms with Gasteiger partial charge in [0.05, 0.1) is 18.8 Å². The molecule has 0 fully saturated rings. The van der Waals surface area contributed by atoms with Crippen LogP contribution in [0.3, 0.4) is 0 Å². The minimum atomic E-state index is -0.841. The first kappa shape index (κ1) is 55.1. The third kappa shape index (κ3) is 45.0. The van der Waals surface area contributed by atoms with Crippen molar-refractivity contribution in [1.82, 2.24) is 5.32 Å². The van der Waals surface area contributed by atoms with Crippen molar-refractivity contribution in [2.24, 2.45) is 0 Å². The SMILES string of the molecule is CC/C=C\C/C=C\C/C=C\C/C=C\CCCCCCCCCCCCCCCCC(=O)NC(CO)C(O)/C=C/CCCCCCCCCCCCCCCCCC. The lowest BCUT2D eigenvalue weighted by molar-refractivity contribution is -0.123. The van der Waals surface area contributed by atoms with E-state index in [1.807, 2.05) is 6.08 Å². The van der Waals surface area contributed by atoms with E-state index in [9.17, 15) is 15.0 Å². The minimum Gasteiger partial charge on any atom is -0.394 e. The molecule has 0 aliphatic heterocycles. The normalized spacial score (nSPS) is 13.4. The summed E-state index contributed by atoms with van der Waals surface area (Å²) in [5.74, 6) is -0.0647. The Labute approximate surface area is 356 Å². The average molecular weight is 796 g/mol. The highest BCUT2D eigenvalue weighted by Crippen LogP contribution is 2.16. The molecule has 1 amide bonds. The van der Waals surface area contributed by atoms with E-state index >= 15 is 0 Å². The van der Waals surface area contributed by atoms with Crippen molar-refractivity contribution in [3.8, 4) is 0 Å². The molecule has 0 rings (SSSR count). The van der Waals surface area contributed by atoms with Gasteiger partial charge in [-0.2, -0.15) is 0 Å². The maximum Gasteiger partial charge on any atom is 0.220 e. The molecule has 0 aliphatic carbocycles. The predicted molar refractivity (Wildman–Crippen MR) is 253 cm³/mol. The largest absolute Gasteiger partial charge is 0.394 e. The minimum absolute atomic E-state index is 0.0647. The molecule has 57 heavy (non-hydrogen) atoms. The Morgan fingerprint density at radius 3 is 1.16 bits per heavy atom. The molecular formula is C53H97NO3. The standard InChI is InChI=1S/C53H97NO3/c1-3-5-7-9-11-13-15-17-19-21-23-24-25-26-27-28-29-30-31-33-35-37-39-41-43-45-47-49-53(57)54-51(50-55)52(56)48-46-44-42-40-38-36-34-32-22-20-18-16-14-12-10-8-6-4-2/h5,7,11,13,17,19,23-24,46,48,51-52,55-56H,3-4,6,8-10,12,14-16,18,20-22,25-45,47,49-50H2,1-2H3,(H,54,57)/b7-5-,13-11-,19-17-,24-23-,48-46+. The number of allylic oxidation sites excluding steroid dienone is 9. The summed E-state index contributed by atoms with van der Waals surface area (Å²) in [6.45, 7) is 4.21. The van der Waals surface area contributed by atoms with Crippen LogP contribution in [0.5, 0.6) is 0 Å². The molecule has 4 nitrogen and oxygen atoms in total. The molecule has 0 radical (unpaired) electrons. The molecule has 4 heteroatoms. The van der Waals surface area contributed by atoms with Crippen LogP contribution in [0.15, 0.2) is 60.8 Å². The fraction of sp³-hybridized carbons (Fsp3) is 0.792. The van der Waals surface area contributed by atoms with Crippen molar-refractivity contribution in [2.75, 3.05) is 6.61 Å². The second-order valence-electron chi connectivity index (χ2n) is 16.9. The molecule has 2 unspecified atom stereocenters. The van der Waals surface area contributed by atoms with E-state index in [2.05, 4.69) is 67.8 Å². The number of rotatable bonds is 45. The van der Waals surface area contributed by atoms with Gasteiger partial charge in [-0.05, 0) is 57.8 Å². The Morgan fingerprint density at radius 2 is 0.772 bits per heavy atom. The van der Waals surface area contributed by atoms with Gasteiger partial charge in [0.2, 0.25) is 5.91 Å². The van der Waals surface area contributed by atoms with Crippen LogP contribution < -0.4 is 5.32 Å². The van der Waals surface area contributed by atoms with Crippen molar-refractivity contribution in [3.05, 3.63) is 60.8 Å². The Hall–Kier alpha value is -1.91. The lowest BCUT2D eigenvalue weighted by atomic mass is 10.0. The first-order valence-electron chi connectivity index (χ1n) is 25.0. The van der Waals surface area contributed by atoms with E-state index in [1.165, 1.54) is 180 Å². The van der Waals surface area contributed by atoms with Crippen LogP contribution in [0.4, 0.5) is 0 Å². The second-order valence-corrected chi connectivity index (χ2v) is 16.9. The molecule has 0 aromatic carbocycles. The van der Waals surface area contributed by atoms with E-state index < -0.39 is 12.1 Å². The molecule has 0 heterocycles. The summed E-state index contributed by atoms with van der Waals surface area (Å²) in [4.78, 5) is 12.4. The summed E-state index contributed by atoms with van der Waals surface area (Å²) < 4.78 is 0. The topological polar surface area (TPSA) is 69.6 Å². The number of aliphatic hydroxyl groups excluding tert-OH is 2. The first-order chi connectivity index (χ1) is 28.2. The van der Waals surface area contributed by atoms with Crippen molar-refractivity contribution in [3.63, 3.8) is 0 Å². The lowest BCUT2D eigenvalue weighted by Crippen LogP contribution is -2.45. The van der Waals surface area contributed by atoms with Gasteiger partial charge in [-0.25, -0.2) is 0 Å². The van der Waals surface area contributed by atoms with Gasteiger partial charge in [0.15, 0.2) is 0 Å². The molecule has 0 aliphatic rings. The quantitative estimate of drug-likeness (QED) is 0.0425. The second kappa shape index (κ2) is 48.5. The van der Waals surface area contributed by atoms with Gasteiger partial charge in [0.25, 0.3) is 0 Å². The maximum atomic E-state index is 12.4. The van der Waals surface area contributed by atoms with E-state index in [0.29, 0.717) is 6.42 Å². The lowest BCUT2D eigenvalue weighted by Gasteiger charge is -2.20. The number of carbonyl (C=O) groups excluding carboxylic acids is 1. The highest BCUT2D eigenvalue weighted by atomic mass is 16.3. The van der Waals surface area contributed by atoms with Crippen LogP contribution in [0, 0.1) is 0 Å². The van der Waals surface area contributed by atoms with Crippen molar-refractivity contribution in [1.29, 1.82) is 0 Å². The molecule has 0 saturated carbocycles. The molecule has 3 N–H and O–H groups in total. The first-order valence-corrected chi connectivity index (χ1v) is 25.0. The highest BCUT2D eigenvalue weighted by Gasteiger charge is 2.18. The van der Waals surface area contributed by atoms with E-state index in [1.54, 1.807) is 6.08 Å². The summed E-state index contributed by atoms with van der Waals surface area (Å²) in [5.41, 5.74) is 0. The van der Waals surface area contributed by atoms with Gasteiger partial charge in [-0.3, -0.25) is 4.79 Å². The number of hydrogen-bond acceptors (Lipinski definition) is 3. The summed E-state index contributed by atoms with van der Waals surface area (Å²) >= 11 is 0. The Morgan fingerprint density at radius 1 is 0.439 bits per heavy atom. The van der Waals surface area contributed by atoms with Gasteiger partial charge in [0, 0.05) is 6.42 Å². The molecule has 0 aromatic heterocycles. The van der Waals surface area contributed by atoms with Gasteiger partial charge in [0.1, 0.15) is 0 Å². The van der Waals surface area contributed by atoms with Crippen molar-refractivity contribution in [2.45, 2.75) is 264 Å². The number of carbonyl (C=O) groups is 1. The summed E-state index contributed by atoms with van der Waals surface area (Å²) in [7, 11) is 0. The number of nitrogens with one attached hydrogen (secondary N) is 1. The maximum absolute atomic E-state index is 12.4. The molecule has 0 aromatic rings. The van der Waals surface area contributed by atoms with E-state index in [4.69, 9.17) is 0 Å². The third-order valence-electron chi connectivity index (χ3n) is 11.3. The van der Waals surface area contributed by atoms with Crippen LogP contribution in [0.1, 0.15) is 251 Å². The predicted octanol–water partition coefficient (Wildman–Crippen LogP) is 16.1. The van der Waals surface area contributed by atoms with Gasteiger partial charge >= 0.3 is 0 Å². The van der Waals surface area contributed by atoms with Crippen LogP contribution >= 0.6 is 0 Å². The molecule has 332 valence electrons. The molecule has 0 saturated heterocycles. The fourth-order valence-electron chi connectivity index (χ4n) is 7.46. The zero-order chi connectivity index (χ0) is 41.4. The number of aliphatic hydroxyl groups is 2. The zero-order valence-corrected chi connectivity index (χ0v) is 38.1. The van der Waals surface area contributed by atoms with E-state index in [0.717, 1.165) is 51.4 Å². The van der Waals surface area contributed by atoms with Gasteiger partial charge < -0.3 is 15.5 Å². The van der Waals surface area contributed by atoms with Crippen LogP contribution in [-0.4, -0.2) is 34.9 Å². The highest BCUT2D eigenvalue weighted by molar-refractivity contribution is 5.76. The van der Waals surface area contributed by atoms with Crippen LogP contribution in [0.25, 0.3) is 0 Å². The number of amides is 1. The third-order valence-corrected chi connectivity index (χ3v) is 11.3. The van der Waals surface area contributed by atoms with Crippen molar-refractivity contribution < 1.29 is 15.0 Å². The Balaban J connectivity index is 3.53. The summed E-state index contributed by atoms with van der Waals surface area (Å²) in [6.07, 6.45) is 67.8. The van der Waals surface area contributed by atoms with E-state index in [-0.39, 0.29) is 12.5 Å². The molecule has 0 bridgehead atoms. The Kier molecular flexibility index (Phi) is 46.8. The number of hydrogen-bond donors (Lipinski definition) is 3. The summed E-state index contributed by atoms with van der Waals surface area (Å²) in [6, 6.07) is -0.624. The smallest absolute Gasteiger partial charge is 0.220 e. The summed E-state index contributed by atoms with van der Waals surface area (Å²) in [5, 5.41) is 23.1. The van der Waals surface area contributed by atoms with Crippen molar-refractivity contribution >= 4 is 5.91 Å². The van der Waals surface area contributed by atoms with Crippen LogP contribution in [0.2, 0.25) is 0 Å². The molecular weight excluding hydrogens is 699 g/mol. The molecule has 0 spiro atoms. The van der Waals surface area contributed by atoms with Gasteiger partial charge in [-0.15, -0.1) is 0 Å². The average Bonchev–Trinajstić information content (AvgIpc) is 3.22. The Bertz CT molecular complexity index is 950. The fourth-order valence-corrected chi connectivity index (χ4v) is 7.46. The number of unbranched alkanes of at least 4 members (excludes halogenated alkanes) is 30. The monoisotopic (exact) mass is 796 g/mol. The van der Waals surface area contributed by atoms with Crippen LogP contribution in [-0.2, 0) is 4.79 Å². The van der Waals surface area contributed by atoms with Gasteiger partial charge in [-0.1, -0.05) is 248 Å².